The number of amides is 2. The first-order valence-corrected chi connectivity index (χ1v) is 11.7. The van der Waals surface area contributed by atoms with Crippen molar-refractivity contribution in [1.29, 1.82) is 0 Å². The lowest BCUT2D eigenvalue weighted by atomic mass is 10.1. The number of nitrogens with one attached hydrogen (secondary N) is 1. The van der Waals surface area contributed by atoms with Crippen LogP contribution in [0.1, 0.15) is 36.8 Å². The monoisotopic (exact) mass is 512 g/mol. The van der Waals surface area contributed by atoms with Crippen LogP contribution in [0.5, 0.6) is 0 Å². The molecule has 0 unspecified atom stereocenters. The summed E-state index contributed by atoms with van der Waals surface area (Å²) < 4.78 is 39.5. The Morgan fingerprint density at radius 3 is 2.48 bits per heavy atom. The normalized spacial score (nSPS) is 15.4. The van der Waals surface area contributed by atoms with E-state index in [1.54, 1.807) is 18.2 Å². The van der Waals surface area contributed by atoms with Crippen molar-refractivity contribution in [2.45, 2.75) is 31.9 Å². The van der Waals surface area contributed by atoms with Crippen molar-refractivity contribution in [1.82, 2.24) is 4.90 Å². The molecule has 0 bridgehead atoms. The van der Waals surface area contributed by atoms with Crippen molar-refractivity contribution in [2.24, 2.45) is 0 Å². The first kappa shape index (κ1) is 25.3. The highest BCUT2D eigenvalue weighted by Gasteiger charge is 2.33. The van der Waals surface area contributed by atoms with E-state index in [4.69, 9.17) is 23.8 Å². The van der Waals surface area contributed by atoms with Gasteiger partial charge in [-0.1, -0.05) is 66.3 Å². The van der Waals surface area contributed by atoms with Crippen molar-refractivity contribution in [3.63, 3.8) is 0 Å². The number of anilines is 1. The van der Waals surface area contributed by atoms with Gasteiger partial charge in [0, 0.05) is 18.0 Å². The summed E-state index contributed by atoms with van der Waals surface area (Å²) in [4.78, 5) is 26.8. The van der Waals surface area contributed by atoms with E-state index < -0.39 is 17.6 Å². The van der Waals surface area contributed by atoms with Gasteiger partial charge in [0.25, 0.3) is 5.91 Å². The van der Waals surface area contributed by atoms with Crippen LogP contribution in [0.3, 0.4) is 0 Å². The van der Waals surface area contributed by atoms with Crippen LogP contribution in [0.25, 0.3) is 6.08 Å². The van der Waals surface area contributed by atoms with E-state index in [9.17, 15) is 22.8 Å². The molecule has 174 valence electrons. The van der Waals surface area contributed by atoms with Gasteiger partial charge in [-0.05, 0) is 48.7 Å². The molecule has 0 atom stereocenters. The van der Waals surface area contributed by atoms with Gasteiger partial charge in [-0.2, -0.15) is 13.2 Å². The molecule has 1 aliphatic heterocycles. The van der Waals surface area contributed by atoms with Gasteiger partial charge in [0.1, 0.15) is 4.32 Å². The number of carbonyl (C=O) groups is 2. The zero-order chi connectivity index (χ0) is 24.0. The van der Waals surface area contributed by atoms with Gasteiger partial charge in [-0.15, -0.1) is 0 Å². The third kappa shape index (κ3) is 7.06. The fourth-order valence-electron chi connectivity index (χ4n) is 3.19. The first-order valence-electron chi connectivity index (χ1n) is 10.1. The summed E-state index contributed by atoms with van der Waals surface area (Å²) in [5.41, 5.74) is -0.280. The molecule has 1 saturated heterocycles. The molecule has 4 nitrogen and oxygen atoms in total. The molecule has 1 N–H and O–H groups in total. The summed E-state index contributed by atoms with van der Waals surface area (Å²) in [6.45, 7) is 0.418. The van der Waals surface area contributed by atoms with E-state index in [-0.39, 0.29) is 18.0 Å². The number of unbranched alkanes of at least 4 members (excludes halogenated alkanes) is 2. The number of halogens is 4. The Morgan fingerprint density at radius 2 is 1.79 bits per heavy atom. The van der Waals surface area contributed by atoms with Crippen LogP contribution in [-0.4, -0.2) is 27.6 Å². The molecule has 0 radical (unpaired) electrons. The summed E-state index contributed by atoms with van der Waals surface area (Å²) in [7, 11) is 0. The standard InChI is InChI=1S/C23H20ClF3N2O2S2/c24-16-11-9-15(10-12-16)14-19-21(31)29(22(32)33-19)13-5-1-2-8-20(30)28-18-7-4-3-6-17(18)23(25,26)27/h3-4,6-7,9-12,14H,1-2,5,8,13H2,(H,28,30). The number of rotatable bonds is 8. The Hall–Kier alpha value is -2.36. The molecule has 0 aromatic heterocycles. The number of carbonyl (C=O) groups excluding carboxylic acids is 2. The Bertz CT molecular complexity index is 1070. The lowest BCUT2D eigenvalue weighted by molar-refractivity contribution is -0.137. The molecule has 0 aliphatic carbocycles. The Kier molecular flexibility index (Phi) is 8.56. The second kappa shape index (κ2) is 11.2. The second-order valence-corrected chi connectivity index (χ2v) is 9.40. The van der Waals surface area contributed by atoms with Crippen molar-refractivity contribution in [2.75, 3.05) is 11.9 Å². The summed E-state index contributed by atoms with van der Waals surface area (Å²) >= 11 is 12.4. The SMILES string of the molecule is O=C(CCCCCN1C(=O)C(=Cc2ccc(Cl)cc2)SC1=S)Nc1ccccc1C(F)(F)F. The van der Waals surface area contributed by atoms with E-state index in [2.05, 4.69) is 5.32 Å². The maximum Gasteiger partial charge on any atom is 0.418 e. The topological polar surface area (TPSA) is 49.4 Å². The fourth-order valence-corrected chi connectivity index (χ4v) is 4.62. The third-order valence-electron chi connectivity index (χ3n) is 4.83. The molecule has 0 spiro atoms. The molecular formula is C23H20ClF3N2O2S2. The van der Waals surface area contributed by atoms with Gasteiger partial charge in [0.05, 0.1) is 16.2 Å². The number of thiocarbonyl (C=S) groups is 1. The second-order valence-electron chi connectivity index (χ2n) is 7.29. The molecule has 1 aliphatic rings. The Morgan fingerprint density at radius 1 is 1.09 bits per heavy atom. The van der Waals surface area contributed by atoms with Crippen LogP contribution < -0.4 is 5.32 Å². The number of alkyl halides is 3. The van der Waals surface area contributed by atoms with Crippen LogP contribution in [0, 0.1) is 0 Å². The molecule has 3 rings (SSSR count). The molecule has 1 fully saturated rings. The molecule has 10 heteroatoms. The highest BCUT2D eigenvalue weighted by molar-refractivity contribution is 8.26. The minimum atomic E-state index is -4.54. The quantitative estimate of drug-likeness (QED) is 0.241. The van der Waals surface area contributed by atoms with Crippen LogP contribution in [0.4, 0.5) is 18.9 Å². The highest BCUT2D eigenvalue weighted by Crippen LogP contribution is 2.35. The smallest absolute Gasteiger partial charge is 0.326 e. The van der Waals surface area contributed by atoms with E-state index in [0.29, 0.717) is 40.1 Å². The molecule has 2 aromatic carbocycles. The number of hydrogen-bond donors (Lipinski definition) is 1. The zero-order valence-electron chi connectivity index (χ0n) is 17.3. The number of benzene rings is 2. The number of hydrogen-bond acceptors (Lipinski definition) is 4. The largest absolute Gasteiger partial charge is 0.418 e. The van der Waals surface area contributed by atoms with E-state index in [0.717, 1.165) is 11.6 Å². The van der Waals surface area contributed by atoms with Crippen molar-refractivity contribution in [3.05, 3.63) is 69.6 Å². The summed E-state index contributed by atoms with van der Waals surface area (Å²) in [6.07, 6.45) is -0.965. The molecular weight excluding hydrogens is 493 g/mol. The Balaban J connectivity index is 1.44. The van der Waals surface area contributed by atoms with Gasteiger partial charge in [0.15, 0.2) is 0 Å². The first-order chi connectivity index (χ1) is 15.6. The van der Waals surface area contributed by atoms with Crippen molar-refractivity contribution in [3.8, 4) is 0 Å². The van der Waals surface area contributed by atoms with Gasteiger partial charge < -0.3 is 5.32 Å². The third-order valence-corrected chi connectivity index (χ3v) is 6.46. The maximum atomic E-state index is 13.0. The van der Waals surface area contributed by atoms with E-state index >= 15 is 0 Å². The Labute approximate surface area is 204 Å². The predicted octanol–water partition coefficient (Wildman–Crippen LogP) is 6.76. The summed E-state index contributed by atoms with van der Waals surface area (Å²) in [5, 5.41) is 2.94. The van der Waals surface area contributed by atoms with Crippen molar-refractivity contribution < 1.29 is 22.8 Å². The average molecular weight is 513 g/mol. The lowest BCUT2D eigenvalue weighted by Crippen LogP contribution is -2.29. The van der Waals surface area contributed by atoms with E-state index in [1.807, 2.05) is 12.1 Å². The highest BCUT2D eigenvalue weighted by atomic mass is 35.5. The minimum Gasteiger partial charge on any atom is -0.326 e. The number of thioether (sulfide) groups is 1. The van der Waals surface area contributed by atoms with E-state index in [1.165, 1.54) is 34.9 Å². The summed E-state index contributed by atoms with van der Waals surface area (Å²) in [6, 6.07) is 12.0. The van der Waals surface area contributed by atoms with Crippen LogP contribution in [0.15, 0.2) is 53.4 Å². The molecule has 1 heterocycles. The lowest BCUT2D eigenvalue weighted by Gasteiger charge is -2.14. The van der Waals surface area contributed by atoms with Crippen molar-refractivity contribution >= 4 is 63.5 Å². The number of para-hydroxylation sites is 1. The molecule has 2 aromatic rings. The van der Waals surface area contributed by atoms with Gasteiger partial charge in [-0.25, -0.2) is 0 Å². The molecule has 2 amide bonds. The minimum absolute atomic E-state index is 0.0844. The van der Waals surface area contributed by atoms with Crippen LogP contribution >= 0.6 is 35.6 Å². The average Bonchev–Trinajstić information content (AvgIpc) is 3.02. The van der Waals surface area contributed by atoms with Gasteiger partial charge in [0.2, 0.25) is 5.91 Å². The van der Waals surface area contributed by atoms with Crippen LogP contribution in [-0.2, 0) is 15.8 Å². The van der Waals surface area contributed by atoms with Gasteiger partial charge in [-0.3, -0.25) is 14.5 Å². The molecule has 33 heavy (non-hydrogen) atoms. The predicted molar refractivity (Wildman–Crippen MR) is 130 cm³/mol. The maximum absolute atomic E-state index is 13.0. The summed E-state index contributed by atoms with van der Waals surface area (Å²) in [5.74, 6) is -0.648. The molecule has 0 saturated carbocycles. The number of nitrogens with zero attached hydrogens (tertiary/aromatic N) is 1. The van der Waals surface area contributed by atoms with Crippen LogP contribution in [0.2, 0.25) is 5.02 Å². The van der Waals surface area contributed by atoms with Gasteiger partial charge >= 0.3 is 6.18 Å². The fraction of sp³-hybridized carbons (Fsp3) is 0.261. The zero-order valence-corrected chi connectivity index (χ0v) is 19.7.